The Morgan fingerprint density at radius 2 is 1.79 bits per heavy atom. The highest BCUT2D eigenvalue weighted by atomic mass is 16.5. The lowest BCUT2D eigenvalue weighted by Gasteiger charge is -2.12. The van der Waals surface area contributed by atoms with Gasteiger partial charge in [-0.3, -0.25) is 14.4 Å². The molecule has 0 saturated heterocycles. The van der Waals surface area contributed by atoms with Gasteiger partial charge in [-0.1, -0.05) is 32.6 Å². The molecule has 24 heavy (non-hydrogen) atoms. The number of carboxylic acids is 1. The minimum absolute atomic E-state index is 0.118. The Balaban J connectivity index is 1.90. The molecule has 0 aliphatic heterocycles. The van der Waals surface area contributed by atoms with Crippen LogP contribution >= 0.6 is 0 Å². The molecule has 0 aromatic heterocycles. The summed E-state index contributed by atoms with van der Waals surface area (Å²) in [6, 6.07) is 6.34. The lowest BCUT2D eigenvalue weighted by molar-refractivity contribution is -0.153. The molecule has 130 valence electrons. The van der Waals surface area contributed by atoms with Gasteiger partial charge < -0.3 is 9.84 Å². The maximum absolute atomic E-state index is 12.1. The van der Waals surface area contributed by atoms with Gasteiger partial charge in [0, 0.05) is 11.5 Å². The molecule has 1 atom stereocenters. The summed E-state index contributed by atoms with van der Waals surface area (Å²) in [5.74, 6) is -2.52. The Morgan fingerprint density at radius 3 is 2.33 bits per heavy atom. The van der Waals surface area contributed by atoms with Gasteiger partial charge in [0.05, 0.1) is 0 Å². The van der Waals surface area contributed by atoms with Gasteiger partial charge >= 0.3 is 11.9 Å². The maximum atomic E-state index is 12.1. The molecule has 1 fully saturated rings. The average Bonchev–Trinajstić information content (AvgIpc) is 3.39. The van der Waals surface area contributed by atoms with Crippen molar-refractivity contribution in [3.05, 3.63) is 29.8 Å². The van der Waals surface area contributed by atoms with E-state index < -0.39 is 17.9 Å². The van der Waals surface area contributed by atoms with E-state index in [2.05, 4.69) is 6.92 Å². The average molecular weight is 332 g/mol. The number of carbonyl (C=O) groups excluding carboxylic acids is 2. The number of carbonyl (C=O) groups is 3. The van der Waals surface area contributed by atoms with E-state index in [9.17, 15) is 19.5 Å². The van der Waals surface area contributed by atoms with Gasteiger partial charge in [-0.05, 0) is 43.5 Å². The second-order valence-corrected chi connectivity index (χ2v) is 6.32. The fourth-order valence-electron chi connectivity index (χ4n) is 2.57. The summed E-state index contributed by atoms with van der Waals surface area (Å²) in [5.41, 5.74) is 0.603. The first-order valence-corrected chi connectivity index (χ1v) is 8.61. The van der Waals surface area contributed by atoms with Crippen molar-refractivity contribution >= 4 is 17.7 Å². The zero-order valence-electron chi connectivity index (χ0n) is 14.0. The number of hydrogen-bond donors (Lipinski definition) is 1. The van der Waals surface area contributed by atoms with Crippen LogP contribution in [-0.4, -0.2) is 22.8 Å². The number of ketones is 1. The summed E-state index contributed by atoms with van der Waals surface area (Å²) in [7, 11) is 0. The molecule has 1 aliphatic carbocycles. The minimum Gasteiger partial charge on any atom is -0.481 e. The van der Waals surface area contributed by atoms with Crippen molar-refractivity contribution in [3.8, 4) is 5.75 Å². The Labute approximate surface area is 142 Å². The number of esters is 1. The molecule has 0 amide bonds. The Kier molecular flexibility index (Phi) is 6.53. The first kappa shape index (κ1) is 18.2. The SMILES string of the molecule is CCCCCCC(C(=O)O)C(=O)Oc1ccc(C(=O)C2CC2)cc1. The molecule has 1 saturated carbocycles. The van der Waals surface area contributed by atoms with Gasteiger partial charge in [-0.2, -0.15) is 0 Å². The first-order valence-electron chi connectivity index (χ1n) is 8.61. The Hall–Kier alpha value is -2.17. The van der Waals surface area contributed by atoms with E-state index in [1.807, 2.05) is 0 Å². The van der Waals surface area contributed by atoms with Crippen LogP contribution in [0.25, 0.3) is 0 Å². The van der Waals surface area contributed by atoms with Crippen LogP contribution in [0.15, 0.2) is 24.3 Å². The van der Waals surface area contributed by atoms with Gasteiger partial charge in [0.2, 0.25) is 0 Å². The van der Waals surface area contributed by atoms with E-state index in [0.717, 1.165) is 32.1 Å². The molecule has 0 bridgehead atoms. The van der Waals surface area contributed by atoms with E-state index in [-0.39, 0.29) is 23.9 Å². The molecule has 1 unspecified atom stereocenters. The van der Waals surface area contributed by atoms with Gasteiger partial charge in [0.15, 0.2) is 11.7 Å². The molecule has 5 heteroatoms. The predicted octanol–water partition coefficient (Wildman–Crippen LogP) is 3.86. The number of carboxylic acid groups (broad SMARTS) is 1. The zero-order chi connectivity index (χ0) is 17.5. The van der Waals surface area contributed by atoms with Crippen LogP contribution in [0.3, 0.4) is 0 Å². The molecule has 1 aromatic rings. The molecule has 2 rings (SSSR count). The second-order valence-electron chi connectivity index (χ2n) is 6.32. The van der Waals surface area contributed by atoms with Crippen LogP contribution in [0, 0.1) is 11.8 Å². The van der Waals surface area contributed by atoms with Crippen molar-refractivity contribution in [2.45, 2.75) is 51.9 Å². The molecular weight excluding hydrogens is 308 g/mol. The van der Waals surface area contributed by atoms with Gasteiger partial charge in [-0.25, -0.2) is 0 Å². The number of benzene rings is 1. The zero-order valence-corrected chi connectivity index (χ0v) is 14.0. The summed E-state index contributed by atoms with van der Waals surface area (Å²) in [6.07, 6.45) is 5.83. The smallest absolute Gasteiger partial charge is 0.325 e. The van der Waals surface area contributed by atoms with E-state index >= 15 is 0 Å². The number of ether oxygens (including phenoxy) is 1. The highest BCUT2D eigenvalue weighted by molar-refractivity contribution is 5.99. The summed E-state index contributed by atoms with van der Waals surface area (Å²) in [6.45, 7) is 2.07. The fraction of sp³-hybridized carbons (Fsp3) is 0.526. The summed E-state index contributed by atoms with van der Waals surface area (Å²) < 4.78 is 5.17. The number of aliphatic carboxylic acids is 1. The largest absolute Gasteiger partial charge is 0.481 e. The van der Waals surface area contributed by atoms with E-state index in [0.29, 0.717) is 12.0 Å². The Morgan fingerprint density at radius 1 is 1.12 bits per heavy atom. The Bertz CT molecular complexity index is 586. The van der Waals surface area contributed by atoms with E-state index in [4.69, 9.17) is 4.74 Å². The standard InChI is InChI=1S/C19H24O5/c1-2-3-4-5-6-16(18(21)22)19(23)24-15-11-9-14(10-12-15)17(20)13-7-8-13/h9-13,16H,2-8H2,1H3,(H,21,22). The summed E-state index contributed by atoms with van der Waals surface area (Å²) in [4.78, 5) is 35.3. The third-order valence-corrected chi connectivity index (χ3v) is 4.23. The van der Waals surface area contributed by atoms with Gasteiger partial charge in [0.1, 0.15) is 5.75 Å². The highest BCUT2D eigenvalue weighted by Gasteiger charge is 2.30. The fourth-order valence-corrected chi connectivity index (χ4v) is 2.57. The van der Waals surface area contributed by atoms with Crippen LogP contribution in [0.5, 0.6) is 5.75 Å². The van der Waals surface area contributed by atoms with Crippen molar-refractivity contribution < 1.29 is 24.2 Å². The summed E-state index contributed by atoms with van der Waals surface area (Å²) in [5, 5.41) is 9.22. The molecule has 0 spiro atoms. The monoisotopic (exact) mass is 332 g/mol. The lowest BCUT2D eigenvalue weighted by Crippen LogP contribution is -2.28. The van der Waals surface area contributed by atoms with Crippen molar-refractivity contribution in [1.29, 1.82) is 0 Å². The molecule has 1 N–H and O–H groups in total. The predicted molar refractivity (Wildman–Crippen MR) is 89.0 cm³/mol. The molecule has 1 aromatic carbocycles. The number of rotatable bonds is 10. The van der Waals surface area contributed by atoms with Crippen LogP contribution in [0.2, 0.25) is 0 Å². The molecule has 1 aliphatic rings. The third kappa shape index (κ3) is 5.18. The quantitative estimate of drug-likeness (QED) is 0.231. The maximum Gasteiger partial charge on any atom is 0.325 e. The minimum atomic E-state index is -1.16. The number of unbranched alkanes of at least 4 members (excludes halogenated alkanes) is 3. The normalized spacial score (nSPS) is 14.9. The number of Topliss-reactive ketones (excluding diaryl/α,β-unsaturated/α-hetero) is 1. The van der Waals surface area contributed by atoms with Crippen molar-refractivity contribution in [3.63, 3.8) is 0 Å². The molecule has 0 heterocycles. The van der Waals surface area contributed by atoms with Crippen LogP contribution in [0.1, 0.15) is 62.2 Å². The second kappa shape index (κ2) is 8.62. The first-order chi connectivity index (χ1) is 11.5. The van der Waals surface area contributed by atoms with Gasteiger partial charge in [0.25, 0.3) is 0 Å². The lowest BCUT2D eigenvalue weighted by atomic mass is 10.0. The van der Waals surface area contributed by atoms with Crippen molar-refractivity contribution in [2.24, 2.45) is 11.8 Å². The van der Waals surface area contributed by atoms with Crippen LogP contribution in [0.4, 0.5) is 0 Å². The van der Waals surface area contributed by atoms with E-state index in [1.54, 1.807) is 24.3 Å². The number of hydrogen-bond acceptors (Lipinski definition) is 4. The van der Waals surface area contributed by atoms with Crippen LogP contribution < -0.4 is 4.74 Å². The third-order valence-electron chi connectivity index (χ3n) is 4.23. The van der Waals surface area contributed by atoms with Gasteiger partial charge in [-0.15, -0.1) is 0 Å². The van der Waals surface area contributed by atoms with Crippen molar-refractivity contribution in [1.82, 2.24) is 0 Å². The van der Waals surface area contributed by atoms with Crippen LogP contribution in [-0.2, 0) is 9.59 Å². The molecular formula is C19H24O5. The van der Waals surface area contributed by atoms with Crippen molar-refractivity contribution in [2.75, 3.05) is 0 Å². The topological polar surface area (TPSA) is 80.7 Å². The summed E-state index contributed by atoms with van der Waals surface area (Å²) >= 11 is 0. The molecule has 5 nitrogen and oxygen atoms in total. The van der Waals surface area contributed by atoms with E-state index in [1.165, 1.54) is 0 Å². The molecule has 0 radical (unpaired) electrons. The highest BCUT2D eigenvalue weighted by Crippen LogP contribution is 2.33.